The first-order valence-corrected chi connectivity index (χ1v) is 10.4. The number of aliphatic hydroxyl groups is 1. The Bertz CT molecular complexity index is 895. The van der Waals surface area contributed by atoms with Crippen LogP contribution in [0, 0.1) is 0 Å². The van der Waals surface area contributed by atoms with E-state index in [0.29, 0.717) is 17.7 Å². The fraction of sp³-hybridized carbons (Fsp3) is 0.333. The molecule has 0 saturated carbocycles. The largest absolute Gasteiger partial charge is 0.416 e. The van der Waals surface area contributed by atoms with Gasteiger partial charge in [0.1, 0.15) is 0 Å². The van der Waals surface area contributed by atoms with Gasteiger partial charge in [0.2, 0.25) is 0 Å². The number of aliphatic hydroxyl groups excluding tert-OH is 1. The number of carbonyl (C=O) groups excluding carboxylic acids is 2. The lowest BCUT2D eigenvalue weighted by Gasteiger charge is -2.19. The molecule has 150 valence electrons. The average molecular weight is 430 g/mol. The van der Waals surface area contributed by atoms with E-state index in [9.17, 15) is 27.9 Å². The molecule has 0 fully saturated rings. The summed E-state index contributed by atoms with van der Waals surface area (Å²) in [4.78, 5) is 25.0. The van der Waals surface area contributed by atoms with Gasteiger partial charge in [-0.1, -0.05) is 0 Å². The Labute approximate surface area is 167 Å². The van der Waals surface area contributed by atoms with Crippen LogP contribution in [0.15, 0.2) is 28.5 Å². The summed E-state index contributed by atoms with van der Waals surface area (Å²) in [6.45, 7) is 0. The number of benzene rings is 1. The van der Waals surface area contributed by atoms with Crippen molar-refractivity contribution in [2.75, 3.05) is 6.26 Å². The number of nitrogens with one attached hydrogen (secondary N) is 2. The molecule has 2 amide bonds. The fourth-order valence-corrected chi connectivity index (χ4v) is 5.14. The van der Waals surface area contributed by atoms with Gasteiger partial charge >= 0.3 is 6.18 Å². The van der Waals surface area contributed by atoms with Crippen molar-refractivity contribution in [3.05, 3.63) is 51.4 Å². The van der Waals surface area contributed by atoms with Crippen molar-refractivity contribution in [3.8, 4) is 0 Å². The predicted molar refractivity (Wildman–Crippen MR) is 100 cm³/mol. The number of halogens is 3. The Kier molecular flexibility index (Phi) is 6.01. The molecule has 10 heteroatoms. The topological polar surface area (TPSA) is 78.4 Å². The van der Waals surface area contributed by atoms with Crippen molar-refractivity contribution >= 4 is 34.9 Å². The van der Waals surface area contributed by atoms with Gasteiger partial charge in [0.15, 0.2) is 0 Å². The quantitative estimate of drug-likeness (QED) is 0.509. The maximum absolute atomic E-state index is 12.6. The number of hydrogen-bond donors (Lipinski definition) is 3. The first kappa shape index (κ1) is 20.7. The van der Waals surface area contributed by atoms with Crippen molar-refractivity contribution in [2.45, 2.75) is 35.8 Å². The molecule has 0 bridgehead atoms. The second-order valence-corrected chi connectivity index (χ2v) is 8.30. The van der Waals surface area contributed by atoms with E-state index in [0.717, 1.165) is 46.0 Å². The third-order valence-electron chi connectivity index (χ3n) is 4.41. The van der Waals surface area contributed by atoms with E-state index in [1.807, 2.05) is 6.26 Å². The van der Waals surface area contributed by atoms with E-state index >= 15 is 0 Å². The van der Waals surface area contributed by atoms with Gasteiger partial charge < -0.3 is 5.11 Å². The molecule has 1 unspecified atom stereocenters. The molecule has 3 N–H and O–H groups in total. The van der Waals surface area contributed by atoms with Crippen LogP contribution < -0.4 is 10.9 Å². The zero-order valence-corrected chi connectivity index (χ0v) is 16.4. The van der Waals surface area contributed by atoms with E-state index in [-0.39, 0.29) is 5.56 Å². The minimum atomic E-state index is -4.49. The molecule has 5 nitrogen and oxygen atoms in total. The molecule has 0 aliphatic heterocycles. The van der Waals surface area contributed by atoms with Crippen LogP contribution in [0.3, 0.4) is 0 Å². The van der Waals surface area contributed by atoms with E-state index < -0.39 is 29.7 Å². The number of alkyl halides is 3. The molecular weight excluding hydrogens is 413 g/mol. The van der Waals surface area contributed by atoms with Gasteiger partial charge in [0, 0.05) is 11.1 Å². The molecule has 2 aromatic rings. The first-order chi connectivity index (χ1) is 13.2. The smallest absolute Gasteiger partial charge is 0.388 e. The van der Waals surface area contributed by atoms with Gasteiger partial charge in [0.25, 0.3) is 11.8 Å². The van der Waals surface area contributed by atoms with E-state index in [1.54, 1.807) is 0 Å². The standard InChI is InChI=1S/C18H17F3N2O3S2/c1-27-17-13-11(3-2-4-12(13)24)14(28-17)16(26)23-22-15(25)9-5-7-10(8-6-9)18(19,20)21/h5-8,12,24H,2-4H2,1H3,(H,22,25)(H,23,26). The van der Waals surface area contributed by atoms with Gasteiger partial charge in [-0.15, -0.1) is 23.1 Å². The highest BCUT2D eigenvalue weighted by Crippen LogP contribution is 2.43. The van der Waals surface area contributed by atoms with Gasteiger partial charge in [-0.3, -0.25) is 20.4 Å². The molecule has 1 atom stereocenters. The SMILES string of the molecule is CSc1sc(C(=O)NNC(=O)c2ccc(C(F)(F)F)cc2)c2c1C(O)CCC2. The highest BCUT2D eigenvalue weighted by molar-refractivity contribution is 8.00. The van der Waals surface area contributed by atoms with Crippen LogP contribution in [-0.2, 0) is 12.6 Å². The molecule has 1 aliphatic carbocycles. The molecular formula is C18H17F3N2O3S2. The van der Waals surface area contributed by atoms with E-state index in [2.05, 4.69) is 10.9 Å². The number of carbonyl (C=O) groups is 2. The fourth-order valence-electron chi connectivity index (χ4n) is 3.04. The van der Waals surface area contributed by atoms with Crippen LogP contribution in [-0.4, -0.2) is 23.2 Å². The lowest BCUT2D eigenvalue weighted by Crippen LogP contribution is -2.41. The first-order valence-electron chi connectivity index (χ1n) is 8.38. The van der Waals surface area contributed by atoms with Crippen molar-refractivity contribution in [2.24, 2.45) is 0 Å². The molecule has 0 saturated heterocycles. The zero-order chi connectivity index (χ0) is 20.5. The summed E-state index contributed by atoms with van der Waals surface area (Å²) in [5, 5.41) is 10.2. The van der Waals surface area contributed by atoms with Crippen molar-refractivity contribution in [1.29, 1.82) is 0 Å². The lowest BCUT2D eigenvalue weighted by atomic mass is 9.91. The van der Waals surface area contributed by atoms with E-state index in [1.165, 1.54) is 23.1 Å². The van der Waals surface area contributed by atoms with Gasteiger partial charge in [-0.2, -0.15) is 13.2 Å². The zero-order valence-electron chi connectivity index (χ0n) is 14.7. The number of hydrogen-bond acceptors (Lipinski definition) is 5. The highest BCUT2D eigenvalue weighted by Gasteiger charge is 2.31. The Balaban J connectivity index is 1.70. The minimum absolute atomic E-state index is 0.0123. The highest BCUT2D eigenvalue weighted by atomic mass is 32.2. The minimum Gasteiger partial charge on any atom is -0.388 e. The second-order valence-electron chi connectivity index (χ2n) is 6.21. The Morgan fingerprint density at radius 2 is 1.82 bits per heavy atom. The van der Waals surface area contributed by atoms with Crippen LogP contribution in [0.2, 0.25) is 0 Å². The van der Waals surface area contributed by atoms with Gasteiger partial charge in [-0.05, 0) is 55.3 Å². The van der Waals surface area contributed by atoms with Crippen LogP contribution >= 0.6 is 23.1 Å². The van der Waals surface area contributed by atoms with Crippen molar-refractivity contribution < 1.29 is 27.9 Å². The molecule has 0 radical (unpaired) electrons. The lowest BCUT2D eigenvalue weighted by molar-refractivity contribution is -0.137. The maximum Gasteiger partial charge on any atom is 0.416 e. The van der Waals surface area contributed by atoms with Gasteiger partial charge in [0.05, 0.1) is 20.8 Å². The average Bonchev–Trinajstić information content (AvgIpc) is 3.05. The molecule has 1 aromatic carbocycles. The third kappa shape index (κ3) is 4.18. The second kappa shape index (κ2) is 8.14. The van der Waals surface area contributed by atoms with E-state index in [4.69, 9.17) is 0 Å². The number of hydrazine groups is 1. The predicted octanol–water partition coefficient (Wildman–Crippen LogP) is 3.93. The summed E-state index contributed by atoms with van der Waals surface area (Å²) in [5.41, 5.74) is 5.22. The van der Waals surface area contributed by atoms with Crippen LogP contribution in [0.4, 0.5) is 13.2 Å². The molecule has 0 spiro atoms. The summed E-state index contributed by atoms with van der Waals surface area (Å²) in [6, 6.07) is 3.69. The molecule has 3 rings (SSSR count). The number of thioether (sulfide) groups is 1. The normalized spacial score (nSPS) is 16.4. The summed E-state index contributed by atoms with van der Waals surface area (Å²) in [7, 11) is 0. The molecule has 1 heterocycles. The Hall–Kier alpha value is -2.04. The summed E-state index contributed by atoms with van der Waals surface area (Å²) in [5.74, 6) is -1.24. The van der Waals surface area contributed by atoms with Gasteiger partial charge in [-0.25, -0.2) is 0 Å². The van der Waals surface area contributed by atoms with Crippen molar-refractivity contribution in [1.82, 2.24) is 10.9 Å². The summed E-state index contributed by atoms with van der Waals surface area (Å²) in [6.07, 6.45) is -1.16. The number of rotatable bonds is 3. The monoisotopic (exact) mass is 430 g/mol. The molecule has 1 aliphatic rings. The maximum atomic E-state index is 12.6. The Morgan fingerprint density at radius 1 is 1.18 bits per heavy atom. The van der Waals surface area contributed by atoms with Crippen molar-refractivity contribution in [3.63, 3.8) is 0 Å². The molecule has 1 aromatic heterocycles. The van der Waals surface area contributed by atoms with Crippen LogP contribution in [0.1, 0.15) is 55.7 Å². The third-order valence-corrected chi connectivity index (χ3v) is 6.79. The summed E-state index contributed by atoms with van der Waals surface area (Å²) >= 11 is 2.70. The van der Waals surface area contributed by atoms with Crippen LogP contribution in [0.5, 0.6) is 0 Å². The summed E-state index contributed by atoms with van der Waals surface area (Å²) < 4.78 is 38.6. The number of fused-ring (bicyclic) bond motifs is 1. The van der Waals surface area contributed by atoms with Crippen LogP contribution in [0.25, 0.3) is 0 Å². The number of thiophene rings is 1. The Morgan fingerprint density at radius 3 is 2.43 bits per heavy atom. The molecule has 28 heavy (non-hydrogen) atoms. The number of amides is 2.